The van der Waals surface area contributed by atoms with Crippen LogP contribution in [0.4, 0.5) is 5.69 Å². The van der Waals surface area contributed by atoms with E-state index in [0.29, 0.717) is 17.2 Å². The number of carbonyl (C=O) groups excluding carboxylic acids is 1. The van der Waals surface area contributed by atoms with E-state index in [1.807, 2.05) is 0 Å². The molecule has 23 heavy (non-hydrogen) atoms. The largest absolute Gasteiger partial charge is 0.457 e. The predicted molar refractivity (Wildman–Crippen MR) is 82.2 cm³/mol. The van der Waals surface area contributed by atoms with Gasteiger partial charge in [0, 0.05) is 30.2 Å². The minimum Gasteiger partial charge on any atom is -0.457 e. The third kappa shape index (κ3) is 4.31. The molecular weight excluding hydrogens is 294 g/mol. The Labute approximate surface area is 132 Å². The molecule has 0 saturated carbocycles. The second kappa shape index (κ2) is 7.25. The van der Waals surface area contributed by atoms with E-state index in [0.717, 1.165) is 0 Å². The number of carbonyl (C=O) groups is 1. The van der Waals surface area contributed by atoms with Crippen molar-refractivity contribution in [1.82, 2.24) is 4.98 Å². The molecule has 7 nitrogen and oxygen atoms in total. The lowest BCUT2D eigenvalue weighted by atomic mass is 10.3. The molecule has 0 spiro atoms. The number of hydrogen-bond acceptors (Lipinski definition) is 6. The summed E-state index contributed by atoms with van der Waals surface area (Å²) in [5.74, 6) is 0.272. The number of anilines is 1. The summed E-state index contributed by atoms with van der Waals surface area (Å²) < 4.78 is 5.63. The lowest BCUT2D eigenvalue weighted by Crippen LogP contribution is -2.12. The number of allylic oxidation sites excluding steroid dienone is 1. The van der Waals surface area contributed by atoms with Gasteiger partial charge in [-0.15, -0.1) is 0 Å². The number of benzene rings is 1. The predicted octanol–water partition coefficient (Wildman–Crippen LogP) is 2.32. The maximum Gasteiger partial charge on any atom is 0.267 e. The average Bonchev–Trinajstić information content (AvgIpc) is 2.56. The molecule has 7 heteroatoms. The molecule has 2 rings (SSSR count). The summed E-state index contributed by atoms with van der Waals surface area (Å²) in [6.45, 7) is 0. The zero-order valence-corrected chi connectivity index (χ0v) is 11.9. The van der Waals surface area contributed by atoms with Gasteiger partial charge in [0.15, 0.2) is 0 Å². The van der Waals surface area contributed by atoms with Gasteiger partial charge in [0.05, 0.1) is 0 Å². The van der Waals surface area contributed by atoms with Crippen LogP contribution in [-0.2, 0) is 0 Å². The lowest BCUT2D eigenvalue weighted by molar-refractivity contribution is 0.0995. The van der Waals surface area contributed by atoms with Crippen LogP contribution in [0.25, 0.3) is 0 Å². The van der Waals surface area contributed by atoms with E-state index in [9.17, 15) is 4.79 Å². The number of primary amides is 1. The number of ether oxygens (including phenoxy) is 1. The third-order valence-corrected chi connectivity index (χ3v) is 2.68. The van der Waals surface area contributed by atoms with Crippen molar-refractivity contribution in [2.45, 2.75) is 0 Å². The molecular formula is C16H11N5O2. The Hall–Kier alpha value is -3.84. The number of aromatic nitrogens is 1. The van der Waals surface area contributed by atoms with Crippen LogP contribution in [-0.4, -0.2) is 10.9 Å². The number of nitrogens with one attached hydrogen (secondary N) is 1. The van der Waals surface area contributed by atoms with Crippen LogP contribution in [0.15, 0.2) is 54.4 Å². The van der Waals surface area contributed by atoms with Crippen molar-refractivity contribution in [2.75, 3.05) is 5.32 Å². The molecule has 0 aliphatic carbocycles. The fourth-order valence-corrected chi connectivity index (χ4v) is 1.64. The standard InChI is InChI=1S/C16H11N5O2/c17-8-11(9-18)10-21-12-2-1-3-13(6-12)23-14-4-5-20-15(7-14)16(19)22/h1-7,10,21H,(H2,19,22). The highest BCUT2D eigenvalue weighted by atomic mass is 16.5. The summed E-state index contributed by atoms with van der Waals surface area (Å²) in [5.41, 5.74) is 5.86. The molecule has 0 fully saturated rings. The first-order chi connectivity index (χ1) is 11.1. The summed E-state index contributed by atoms with van der Waals surface area (Å²) in [4.78, 5) is 14.9. The summed E-state index contributed by atoms with van der Waals surface area (Å²) in [6, 6.07) is 13.4. The van der Waals surface area contributed by atoms with E-state index in [2.05, 4.69) is 10.3 Å². The average molecular weight is 305 g/mol. The topological polar surface area (TPSA) is 125 Å². The molecule has 0 aliphatic heterocycles. The van der Waals surface area contributed by atoms with Crippen LogP contribution in [0.1, 0.15) is 10.5 Å². The molecule has 0 aliphatic rings. The van der Waals surface area contributed by atoms with Gasteiger partial charge in [-0.05, 0) is 18.2 Å². The number of nitriles is 2. The Kier molecular flexibility index (Phi) is 4.90. The summed E-state index contributed by atoms with van der Waals surface area (Å²) in [7, 11) is 0. The Morgan fingerprint density at radius 1 is 1.22 bits per heavy atom. The van der Waals surface area contributed by atoms with Crippen molar-refractivity contribution in [1.29, 1.82) is 10.5 Å². The maximum absolute atomic E-state index is 11.1. The van der Waals surface area contributed by atoms with E-state index in [1.54, 1.807) is 42.5 Å². The summed E-state index contributed by atoms with van der Waals surface area (Å²) >= 11 is 0. The highest BCUT2D eigenvalue weighted by Crippen LogP contribution is 2.24. The van der Waals surface area contributed by atoms with Crippen molar-refractivity contribution >= 4 is 11.6 Å². The summed E-state index contributed by atoms with van der Waals surface area (Å²) in [5, 5.41) is 20.2. The van der Waals surface area contributed by atoms with Crippen molar-refractivity contribution < 1.29 is 9.53 Å². The summed E-state index contributed by atoms with van der Waals surface area (Å²) in [6.07, 6.45) is 2.73. The Morgan fingerprint density at radius 3 is 2.65 bits per heavy atom. The highest BCUT2D eigenvalue weighted by molar-refractivity contribution is 5.91. The van der Waals surface area contributed by atoms with Gasteiger partial charge in [-0.2, -0.15) is 10.5 Å². The number of nitrogens with two attached hydrogens (primary N) is 1. The van der Waals surface area contributed by atoms with E-state index in [1.165, 1.54) is 18.5 Å². The lowest BCUT2D eigenvalue weighted by Gasteiger charge is -2.08. The van der Waals surface area contributed by atoms with Gasteiger partial charge in [-0.3, -0.25) is 9.78 Å². The Balaban J connectivity index is 2.16. The number of nitrogens with zero attached hydrogens (tertiary/aromatic N) is 3. The minimum absolute atomic E-state index is 0.0449. The maximum atomic E-state index is 11.1. The minimum atomic E-state index is -0.642. The molecule has 0 radical (unpaired) electrons. The van der Waals surface area contributed by atoms with Crippen LogP contribution in [0.3, 0.4) is 0 Å². The van der Waals surface area contributed by atoms with Gasteiger partial charge in [-0.25, -0.2) is 0 Å². The van der Waals surface area contributed by atoms with E-state index in [-0.39, 0.29) is 11.3 Å². The molecule has 1 aromatic carbocycles. The molecule has 1 amide bonds. The van der Waals surface area contributed by atoms with Gasteiger partial charge < -0.3 is 15.8 Å². The second-order valence-corrected chi connectivity index (χ2v) is 4.30. The van der Waals surface area contributed by atoms with E-state index >= 15 is 0 Å². The molecule has 0 atom stereocenters. The van der Waals surface area contributed by atoms with E-state index < -0.39 is 5.91 Å². The Morgan fingerprint density at radius 2 is 1.96 bits per heavy atom. The monoisotopic (exact) mass is 305 g/mol. The second-order valence-electron chi connectivity index (χ2n) is 4.30. The normalized spacial score (nSPS) is 9.13. The van der Waals surface area contributed by atoms with E-state index in [4.69, 9.17) is 21.0 Å². The number of pyridine rings is 1. The molecule has 1 heterocycles. The molecule has 2 aromatic rings. The van der Waals surface area contributed by atoms with Gasteiger partial charge in [0.25, 0.3) is 5.91 Å². The van der Waals surface area contributed by atoms with Gasteiger partial charge >= 0.3 is 0 Å². The molecule has 0 saturated heterocycles. The van der Waals surface area contributed by atoms with Crippen LogP contribution < -0.4 is 15.8 Å². The van der Waals surface area contributed by atoms with Crippen molar-refractivity contribution in [3.63, 3.8) is 0 Å². The quantitative estimate of drug-likeness (QED) is 0.816. The van der Waals surface area contributed by atoms with Crippen molar-refractivity contribution in [3.05, 3.63) is 60.1 Å². The number of amides is 1. The van der Waals surface area contributed by atoms with Crippen LogP contribution in [0, 0.1) is 22.7 Å². The number of rotatable bonds is 5. The van der Waals surface area contributed by atoms with Crippen molar-refractivity contribution in [2.24, 2.45) is 5.73 Å². The molecule has 1 aromatic heterocycles. The third-order valence-electron chi connectivity index (χ3n) is 2.68. The SMILES string of the molecule is N#CC(C#N)=CNc1cccc(Oc2ccnc(C(N)=O)c2)c1. The van der Waals surface area contributed by atoms with Crippen LogP contribution in [0.5, 0.6) is 11.5 Å². The van der Waals surface area contributed by atoms with Gasteiger partial charge in [0.2, 0.25) is 0 Å². The molecule has 112 valence electrons. The molecule has 0 bridgehead atoms. The zero-order chi connectivity index (χ0) is 16.7. The highest BCUT2D eigenvalue weighted by Gasteiger charge is 2.05. The molecule has 0 unspecified atom stereocenters. The zero-order valence-electron chi connectivity index (χ0n) is 11.9. The first kappa shape index (κ1) is 15.5. The fourth-order valence-electron chi connectivity index (χ4n) is 1.64. The first-order valence-electron chi connectivity index (χ1n) is 6.43. The molecule has 3 N–H and O–H groups in total. The fraction of sp³-hybridized carbons (Fsp3) is 0. The van der Waals surface area contributed by atoms with Crippen LogP contribution in [0.2, 0.25) is 0 Å². The van der Waals surface area contributed by atoms with Crippen LogP contribution >= 0.6 is 0 Å². The van der Waals surface area contributed by atoms with Gasteiger partial charge in [0.1, 0.15) is 34.9 Å². The van der Waals surface area contributed by atoms with Gasteiger partial charge in [-0.1, -0.05) is 6.07 Å². The van der Waals surface area contributed by atoms with Crippen molar-refractivity contribution in [3.8, 4) is 23.6 Å². The Bertz CT molecular complexity index is 830. The smallest absolute Gasteiger partial charge is 0.267 e. The first-order valence-corrected chi connectivity index (χ1v) is 6.43. The number of hydrogen-bond donors (Lipinski definition) is 2.